The highest BCUT2D eigenvalue weighted by atomic mass is 79.9. The van der Waals surface area contributed by atoms with E-state index in [-0.39, 0.29) is 4.47 Å². The molecule has 1 rings (SSSR count). The number of hydrogen-bond donors (Lipinski definition) is 2. The molecule has 0 spiro atoms. The molecule has 1 unspecified atom stereocenters. The third-order valence-electron chi connectivity index (χ3n) is 2.14. The molecule has 4 nitrogen and oxygen atoms in total. The quantitative estimate of drug-likeness (QED) is 0.818. The lowest BCUT2D eigenvalue weighted by Crippen LogP contribution is -2.19. The minimum absolute atomic E-state index is 0.0755. The Labute approximate surface area is 108 Å². The Kier molecular flexibility index (Phi) is 4.23. The van der Waals surface area contributed by atoms with Gasteiger partial charge in [0.1, 0.15) is 5.75 Å². The summed E-state index contributed by atoms with van der Waals surface area (Å²) in [6.45, 7) is 0. The van der Waals surface area contributed by atoms with Crippen LogP contribution in [0.15, 0.2) is 16.6 Å². The number of phenolic OH excluding ortho intramolecular Hbond substituents is 1. The molecular weight excluding hydrogens is 321 g/mol. The van der Waals surface area contributed by atoms with E-state index in [1.165, 1.54) is 0 Å². The minimum Gasteiger partial charge on any atom is -0.507 e. The average molecular weight is 329 g/mol. The number of carbonyl (C=O) groups is 1. The van der Waals surface area contributed by atoms with Crippen LogP contribution >= 0.6 is 15.9 Å². The van der Waals surface area contributed by atoms with Crippen molar-refractivity contribution in [1.82, 2.24) is 0 Å². The van der Waals surface area contributed by atoms with Crippen LogP contribution in [0.25, 0.3) is 0 Å². The lowest BCUT2D eigenvalue weighted by molar-refractivity contribution is -0.152. The summed E-state index contributed by atoms with van der Waals surface area (Å²) in [5.74, 6) is -1.87. The van der Waals surface area contributed by atoms with Gasteiger partial charge in [-0.2, -0.15) is 13.2 Å². The van der Waals surface area contributed by atoms with Gasteiger partial charge in [-0.05, 0) is 28.1 Å². The van der Waals surface area contributed by atoms with Gasteiger partial charge in [0, 0.05) is 5.56 Å². The summed E-state index contributed by atoms with van der Waals surface area (Å²) in [6, 6.07) is 1.24. The topological polar surface area (TPSA) is 66.8 Å². The molecular formula is C10H8BrF3O4. The van der Waals surface area contributed by atoms with Crippen molar-refractivity contribution in [3.8, 4) is 5.75 Å². The van der Waals surface area contributed by atoms with Gasteiger partial charge in [-0.15, -0.1) is 0 Å². The molecule has 0 aliphatic carbocycles. The number of aliphatic hydroxyl groups is 1. The third kappa shape index (κ3) is 2.94. The molecule has 1 aromatic rings. The SMILES string of the molecule is COC(=O)C(O)c1cc(Br)c(O)cc1C(F)(F)F. The van der Waals surface area contributed by atoms with Crippen molar-refractivity contribution in [2.24, 2.45) is 0 Å². The van der Waals surface area contributed by atoms with Crippen molar-refractivity contribution in [3.05, 3.63) is 27.7 Å². The molecule has 0 bridgehead atoms. The highest BCUT2D eigenvalue weighted by Crippen LogP contribution is 2.40. The van der Waals surface area contributed by atoms with Crippen molar-refractivity contribution >= 4 is 21.9 Å². The second-order valence-corrected chi connectivity index (χ2v) is 4.17. The van der Waals surface area contributed by atoms with Crippen LogP contribution in [0, 0.1) is 0 Å². The zero-order valence-corrected chi connectivity index (χ0v) is 10.5. The molecule has 0 fully saturated rings. The Morgan fingerprint density at radius 3 is 2.44 bits per heavy atom. The number of phenols is 1. The summed E-state index contributed by atoms with van der Waals surface area (Å²) in [6.07, 6.45) is -6.90. The molecule has 0 saturated heterocycles. The van der Waals surface area contributed by atoms with Gasteiger partial charge in [-0.1, -0.05) is 0 Å². The van der Waals surface area contributed by atoms with Gasteiger partial charge in [0.2, 0.25) is 0 Å². The van der Waals surface area contributed by atoms with Crippen LogP contribution < -0.4 is 0 Å². The van der Waals surface area contributed by atoms with E-state index >= 15 is 0 Å². The van der Waals surface area contributed by atoms with Crippen LogP contribution in [0.3, 0.4) is 0 Å². The molecule has 0 aromatic heterocycles. The van der Waals surface area contributed by atoms with Crippen molar-refractivity contribution in [2.75, 3.05) is 7.11 Å². The Morgan fingerprint density at radius 1 is 1.44 bits per heavy atom. The van der Waals surface area contributed by atoms with E-state index in [4.69, 9.17) is 0 Å². The fourth-order valence-corrected chi connectivity index (χ4v) is 1.65. The van der Waals surface area contributed by atoms with E-state index in [1.807, 2.05) is 0 Å². The molecule has 0 radical (unpaired) electrons. The first-order valence-corrected chi connectivity index (χ1v) is 5.33. The number of aliphatic hydroxyl groups excluding tert-OH is 1. The predicted octanol–water partition coefficient (Wildman–Crippen LogP) is 2.38. The Balaban J connectivity index is 3.41. The molecule has 18 heavy (non-hydrogen) atoms. The van der Waals surface area contributed by atoms with Crippen molar-refractivity contribution in [3.63, 3.8) is 0 Å². The van der Waals surface area contributed by atoms with Crippen molar-refractivity contribution in [1.29, 1.82) is 0 Å². The Hall–Kier alpha value is -1.28. The van der Waals surface area contributed by atoms with Crippen LogP contribution in [0.2, 0.25) is 0 Å². The monoisotopic (exact) mass is 328 g/mol. The van der Waals surface area contributed by atoms with E-state index < -0.39 is 35.1 Å². The lowest BCUT2D eigenvalue weighted by atomic mass is 10.0. The second kappa shape index (κ2) is 5.15. The molecule has 1 aromatic carbocycles. The maximum atomic E-state index is 12.7. The van der Waals surface area contributed by atoms with E-state index in [0.717, 1.165) is 13.2 Å². The van der Waals surface area contributed by atoms with Gasteiger partial charge in [0.25, 0.3) is 0 Å². The molecule has 8 heteroatoms. The zero-order valence-electron chi connectivity index (χ0n) is 8.95. The number of aromatic hydroxyl groups is 1. The van der Waals surface area contributed by atoms with Gasteiger partial charge < -0.3 is 14.9 Å². The number of ether oxygens (including phenoxy) is 1. The standard InChI is InChI=1S/C10H8BrF3O4/c1-18-9(17)8(16)4-2-6(11)7(15)3-5(4)10(12,13)14/h2-3,8,15-16H,1H3. The van der Waals surface area contributed by atoms with Crippen LogP contribution in [0.4, 0.5) is 13.2 Å². The van der Waals surface area contributed by atoms with E-state index in [0.29, 0.717) is 6.07 Å². The fraction of sp³-hybridized carbons (Fsp3) is 0.300. The molecule has 0 aliphatic heterocycles. The van der Waals surface area contributed by atoms with Gasteiger partial charge in [0.05, 0.1) is 17.1 Å². The first-order chi connectivity index (χ1) is 8.18. The maximum Gasteiger partial charge on any atom is 0.416 e. The maximum absolute atomic E-state index is 12.7. The van der Waals surface area contributed by atoms with Crippen LogP contribution in [-0.4, -0.2) is 23.3 Å². The van der Waals surface area contributed by atoms with Gasteiger partial charge in [0.15, 0.2) is 6.10 Å². The first kappa shape index (κ1) is 14.8. The van der Waals surface area contributed by atoms with Crippen molar-refractivity contribution in [2.45, 2.75) is 12.3 Å². The fourth-order valence-electron chi connectivity index (χ4n) is 1.29. The molecule has 2 N–H and O–H groups in total. The highest BCUT2D eigenvalue weighted by Gasteiger charge is 2.37. The number of esters is 1. The summed E-state index contributed by atoms with van der Waals surface area (Å²) in [4.78, 5) is 11.1. The smallest absolute Gasteiger partial charge is 0.416 e. The number of halogens is 4. The average Bonchev–Trinajstić information content (AvgIpc) is 2.28. The van der Waals surface area contributed by atoms with Crippen LogP contribution in [-0.2, 0) is 15.7 Å². The summed E-state index contributed by atoms with van der Waals surface area (Å²) in [7, 11) is 0.939. The Morgan fingerprint density at radius 2 is 2.00 bits per heavy atom. The normalized spacial score (nSPS) is 13.2. The second-order valence-electron chi connectivity index (χ2n) is 3.31. The minimum atomic E-state index is -4.82. The van der Waals surface area contributed by atoms with E-state index in [1.54, 1.807) is 0 Å². The number of carbonyl (C=O) groups excluding carboxylic acids is 1. The number of rotatable bonds is 2. The molecule has 100 valence electrons. The molecule has 0 saturated carbocycles. The molecule has 0 aliphatic rings. The molecule has 1 atom stereocenters. The molecule has 0 heterocycles. The zero-order chi connectivity index (χ0) is 14.1. The summed E-state index contributed by atoms with van der Waals surface area (Å²) in [5, 5.41) is 18.7. The first-order valence-electron chi connectivity index (χ1n) is 4.54. The van der Waals surface area contributed by atoms with E-state index in [9.17, 15) is 28.2 Å². The number of hydrogen-bond acceptors (Lipinski definition) is 4. The van der Waals surface area contributed by atoms with Crippen molar-refractivity contribution < 1.29 is 32.9 Å². The largest absolute Gasteiger partial charge is 0.507 e. The lowest BCUT2D eigenvalue weighted by Gasteiger charge is -2.17. The number of methoxy groups -OCH3 is 1. The predicted molar refractivity (Wildman–Crippen MR) is 57.8 cm³/mol. The molecule has 0 amide bonds. The Bertz CT molecular complexity index is 473. The van der Waals surface area contributed by atoms with Crippen LogP contribution in [0.5, 0.6) is 5.75 Å². The van der Waals surface area contributed by atoms with Gasteiger partial charge in [-0.25, -0.2) is 4.79 Å². The summed E-state index contributed by atoms with van der Waals surface area (Å²) < 4.78 is 42.2. The number of alkyl halides is 3. The van der Waals surface area contributed by atoms with Crippen LogP contribution in [0.1, 0.15) is 17.2 Å². The summed E-state index contributed by atoms with van der Waals surface area (Å²) in [5.41, 5.74) is -2.00. The van der Waals surface area contributed by atoms with E-state index in [2.05, 4.69) is 20.7 Å². The van der Waals surface area contributed by atoms with Gasteiger partial charge >= 0.3 is 12.1 Å². The highest BCUT2D eigenvalue weighted by molar-refractivity contribution is 9.10. The summed E-state index contributed by atoms with van der Waals surface area (Å²) >= 11 is 2.81. The number of benzene rings is 1. The van der Waals surface area contributed by atoms with Gasteiger partial charge in [-0.3, -0.25) is 0 Å². The third-order valence-corrected chi connectivity index (χ3v) is 2.78.